The Morgan fingerprint density at radius 1 is 1.27 bits per heavy atom. The predicted octanol–water partition coefficient (Wildman–Crippen LogP) is 3.13. The predicted molar refractivity (Wildman–Crippen MR) is 123 cm³/mol. The fourth-order valence-corrected chi connectivity index (χ4v) is 6.56. The van der Waals surface area contributed by atoms with Crippen LogP contribution in [0.2, 0.25) is 0 Å². The summed E-state index contributed by atoms with van der Waals surface area (Å²) in [6, 6.07) is 0. The standard InChI is InChI=1S/C26H37NO6/c1-5-7-8-9-16(6-2)19-20(24(30)27-23(19)29)22(28)18-14(3)10-11-26(33)13-17(25(31)32)12-15(4)21(18)26/h6,10-11,14-21,33H,2,5,7-9,12-13H2,1,3-4H3,(H,31,32)(H,27,29,30). The molecule has 0 aromatic rings. The molecule has 0 bridgehead atoms. The average molecular weight is 460 g/mol. The minimum Gasteiger partial charge on any atom is -0.481 e. The van der Waals surface area contributed by atoms with E-state index in [1.165, 1.54) is 0 Å². The Labute approximate surface area is 195 Å². The lowest BCUT2D eigenvalue weighted by molar-refractivity contribution is -0.158. The van der Waals surface area contributed by atoms with E-state index < -0.39 is 53.0 Å². The van der Waals surface area contributed by atoms with Crippen LogP contribution < -0.4 is 5.32 Å². The van der Waals surface area contributed by atoms with Crippen LogP contribution in [0, 0.1) is 47.3 Å². The number of carbonyl (C=O) groups excluding carboxylic acids is 3. The van der Waals surface area contributed by atoms with Crippen molar-refractivity contribution < 1.29 is 29.4 Å². The lowest BCUT2D eigenvalue weighted by Crippen LogP contribution is -2.56. The van der Waals surface area contributed by atoms with Crippen LogP contribution in [0.3, 0.4) is 0 Å². The molecule has 1 saturated carbocycles. The van der Waals surface area contributed by atoms with Crippen molar-refractivity contribution in [1.82, 2.24) is 5.32 Å². The molecule has 3 aliphatic rings. The molecule has 2 amide bonds. The van der Waals surface area contributed by atoms with Crippen molar-refractivity contribution in [2.45, 2.75) is 64.9 Å². The van der Waals surface area contributed by atoms with E-state index in [2.05, 4.69) is 18.8 Å². The Bertz CT molecular complexity index is 850. The normalized spacial score (nSPS) is 39.0. The molecular weight excluding hydrogens is 422 g/mol. The maximum Gasteiger partial charge on any atom is 0.306 e. The van der Waals surface area contributed by atoms with Gasteiger partial charge in [0, 0.05) is 11.8 Å². The van der Waals surface area contributed by atoms with Crippen molar-refractivity contribution in [3.8, 4) is 0 Å². The molecule has 0 spiro atoms. The molecule has 0 radical (unpaired) electrons. The number of rotatable bonds is 9. The molecule has 2 aliphatic carbocycles. The molecule has 1 saturated heterocycles. The SMILES string of the molecule is C=CC(CCCCC)C1C(=O)NC(=O)C1C(=O)C1C(C)C=CC2(O)CC(C(=O)O)CC(C)C12. The zero-order chi connectivity index (χ0) is 24.5. The molecule has 7 nitrogen and oxygen atoms in total. The molecule has 7 heteroatoms. The molecule has 0 aromatic heterocycles. The highest BCUT2D eigenvalue weighted by molar-refractivity contribution is 6.16. The highest BCUT2D eigenvalue weighted by Crippen LogP contribution is 2.52. The molecule has 1 heterocycles. The van der Waals surface area contributed by atoms with E-state index in [-0.39, 0.29) is 30.0 Å². The van der Waals surface area contributed by atoms with Gasteiger partial charge in [-0.1, -0.05) is 58.3 Å². The second-order valence-corrected chi connectivity index (χ2v) is 10.4. The summed E-state index contributed by atoms with van der Waals surface area (Å²) in [5, 5.41) is 23.4. The van der Waals surface area contributed by atoms with Crippen molar-refractivity contribution in [2.24, 2.45) is 47.3 Å². The lowest BCUT2D eigenvalue weighted by Gasteiger charge is -2.51. The van der Waals surface area contributed by atoms with Crippen LogP contribution in [-0.2, 0) is 19.2 Å². The molecule has 3 rings (SSSR count). The average Bonchev–Trinajstić information content (AvgIpc) is 3.05. The number of allylic oxidation sites excluding steroid dienone is 2. The Morgan fingerprint density at radius 3 is 2.58 bits per heavy atom. The van der Waals surface area contributed by atoms with Crippen molar-refractivity contribution in [3.05, 3.63) is 24.8 Å². The zero-order valence-corrected chi connectivity index (χ0v) is 19.8. The molecule has 33 heavy (non-hydrogen) atoms. The Morgan fingerprint density at radius 2 is 1.97 bits per heavy atom. The number of Topliss-reactive ketones (excluding diaryl/α,β-unsaturated/α-hetero) is 1. The first-order valence-electron chi connectivity index (χ1n) is 12.2. The second kappa shape index (κ2) is 9.92. The van der Waals surface area contributed by atoms with Gasteiger partial charge in [0.1, 0.15) is 11.7 Å². The van der Waals surface area contributed by atoms with E-state index in [1.807, 2.05) is 13.8 Å². The van der Waals surface area contributed by atoms with Crippen LogP contribution in [0.15, 0.2) is 24.8 Å². The third kappa shape index (κ3) is 4.70. The van der Waals surface area contributed by atoms with Gasteiger partial charge in [0.25, 0.3) is 0 Å². The largest absolute Gasteiger partial charge is 0.481 e. The molecule has 182 valence electrons. The van der Waals surface area contributed by atoms with E-state index in [9.17, 15) is 29.4 Å². The number of ketones is 1. The van der Waals surface area contributed by atoms with Gasteiger partial charge in [-0.25, -0.2) is 0 Å². The summed E-state index contributed by atoms with van der Waals surface area (Å²) >= 11 is 0. The number of imide groups is 1. The van der Waals surface area contributed by atoms with Crippen LogP contribution in [0.1, 0.15) is 59.3 Å². The fourth-order valence-electron chi connectivity index (χ4n) is 6.56. The van der Waals surface area contributed by atoms with Gasteiger partial charge in [0.2, 0.25) is 11.8 Å². The molecule has 9 unspecified atom stereocenters. The summed E-state index contributed by atoms with van der Waals surface area (Å²) in [6.07, 6.45) is 9.05. The topological polar surface area (TPSA) is 121 Å². The summed E-state index contributed by atoms with van der Waals surface area (Å²) in [5.41, 5.74) is -1.43. The summed E-state index contributed by atoms with van der Waals surface area (Å²) < 4.78 is 0. The monoisotopic (exact) mass is 459 g/mol. The van der Waals surface area contributed by atoms with E-state index >= 15 is 0 Å². The number of hydrogen-bond acceptors (Lipinski definition) is 5. The number of carboxylic acid groups (broad SMARTS) is 1. The van der Waals surface area contributed by atoms with Crippen molar-refractivity contribution in [3.63, 3.8) is 0 Å². The molecule has 1 aliphatic heterocycles. The van der Waals surface area contributed by atoms with Crippen LogP contribution in [-0.4, -0.2) is 39.4 Å². The van der Waals surface area contributed by atoms with Crippen molar-refractivity contribution in [2.75, 3.05) is 0 Å². The maximum atomic E-state index is 14.0. The van der Waals surface area contributed by atoms with Gasteiger partial charge in [-0.15, -0.1) is 6.58 Å². The zero-order valence-electron chi connectivity index (χ0n) is 19.8. The number of nitrogens with one attached hydrogen (secondary N) is 1. The van der Waals surface area contributed by atoms with E-state index in [4.69, 9.17) is 0 Å². The number of unbranched alkanes of at least 4 members (excludes halogenated alkanes) is 2. The van der Waals surface area contributed by atoms with Crippen LogP contribution in [0.25, 0.3) is 0 Å². The number of hydrogen-bond donors (Lipinski definition) is 3. The van der Waals surface area contributed by atoms with Crippen LogP contribution in [0.4, 0.5) is 0 Å². The van der Waals surface area contributed by atoms with Crippen molar-refractivity contribution >= 4 is 23.6 Å². The number of fused-ring (bicyclic) bond motifs is 1. The van der Waals surface area contributed by atoms with Gasteiger partial charge in [-0.2, -0.15) is 0 Å². The first-order valence-corrected chi connectivity index (χ1v) is 12.2. The van der Waals surface area contributed by atoms with Crippen molar-refractivity contribution in [1.29, 1.82) is 0 Å². The number of carboxylic acids is 1. The molecule has 2 fully saturated rings. The smallest absolute Gasteiger partial charge is 0.306 e. The highest BCUT2D eigenvalue weighted by Gasteiger charge is 2.58. The molecular formula is C26H37NO6. The van der Waals surface area contributed by atoms with E-state index in [1.54, 1.807) is 18.2 Å². The van der Waals surface area contributed by atoms with Crippen LogP contribution >= 0.6 is 0 Å². The lowest BCUT2D eigenvalue weighted by atomic mass is 9.54. The van der Waals surface area contributed by atoms with Crippen LogP contribution in [0.5, 0.6) is 0 Å². The second-order valence-electron chi connectivity index (χ2n) is 10.4. The Hall–Kier alpha value is -2.28. The molecule has 9 atom stereocenters. The van der Waals surface area contributed by atoms with Gasteiger partial charge in [0.05, 0.1) is 17.4 Å². The highest BCUT2D eigenvalue weighted by atomic mass is 16.4. The third-order valence-electron chi connectivity index (χ3n) is 8.14. The van der Waals surface area contributed by atoms with Gasteiger partial charge >= 0.3 is 5.97 Å². The minimum atomic E-state index is -1.43. The number of carbonyl (C=O) groups is 4. The first kappa shape index (κ1) is 25.3. The number of amides is 2. The summed E-state index contributed by atoms with van der Waals surface area (Å²) in [7, 11) is 0. The van der Waals surface area contributed by atoms with Gasteiger partial charge in [-0.3, -0.25) is 24.5 Å². The summed E-state index contributed by atoms with van der Waals surface area (Å²) in [4.78, 5) is 51.2. The van der Waals surface area contributed by atoms with Gasteiger partial charge in [-0.05, 0) is 37.0 Å². The number of aliphatic carboxylic acids is 1. The minimum absolute atomic E-state index is 0.0376. The maximum absolute atomic E-state index is 14.0. The summed E-state index contributed by atoms with van der Waals surface area (Å²) in [6.45, 7) is 9.70. The third-order valence-corrected chi connectivity index (χ3v) is 8.14. The Balaban J connectivity index is 1.93. The molecule has 0 aromatic carbocycles. The van der Waals surface area contributed by atoms with E-state index in [0.29, 0.717) is 12.8 Å². The fraction of sp³-hybridized carbons (Fsp3) is 0.692. The summed E-state index contributed by atoms with van der Waals surface area (Å²) in [5.74, 6) is -6.83. The quantitative estimate of drug-likeness (QED) is 0.211. The van der Waals surface area contributed by atoms with Gasteiger partial charge in [0.15, 0.2) is 0 Å². The van der Waals surface area contributed by atoms with E-state index in [0.717, 1.165) is 19.3 Å². The number of aliphatic hydroxyl groups is 1. The Kier molecular flexibility index (Phi) is 7.62. The first-order chi connectivity index (χ1) is 15.6. The van der Waals surface area contributed by atoms with Gasteiger partial charge < -0.3 is 10.2 Å². The molecule has 3 N–H and O–H groups in total.